The van der Waals surface area contributed by atoms with Gasteiger partial charge in [-0.15, -0.1) is 0 Å². The molecule has 2 amide bonds. The zero-order valence-corrected chi connectivity index (χ0v) is 23.6. The van der Waals surface area contributed by atoms with Crippen LogP contribution in [0.15, 0.2) is 54.9 Å². The van der Waals surface area contributed by atoms with E-state index in [9.17, 15) is 19.5 Å². The Morgan fingerprint density at radius 1 is 1.17 bits per heavy atom. The van der Waals surface area contributed by atoms with Gasteiger partial charge in [0, 0.05) is 36.5 Å². The lowest BCUT2D eigenvalue weighted by molar-refractivity contribution is -0.145. The van der Waals surface area contributed by atoms with Crippen LogP contribution in [0.1, 0.15) is 51.4 Å². The molecule has 2 aromatic heterocycles. The highest BCUT2D eigenvalue weighted by Gasteiger charge is 2.61. The largest absolute Gasteiger partial charge is 0.497 e. The molecule has 42 heavy (non-hydrogen) atoms. The molecule has 1 aromatic carbocycles. The Morgan fingerprint density at radius 3 is 2.81 bits per heavy atom. The number of carbonyl (C=O) groups excluding carboxylic acids is 2. The van der Waals surface area contributed by atoms with Crippen LogP contribution in [0.3, 0.4) is 0 Å². The number of amides is 2. The van der Waals surface area contributed by atoms with Crippen molar-refractivity contribution in [2.24, 2.45) is 5.92 Å². The highest BCUT2D eigenvalue weighted by atomic mass is 16.5. The van der Waals surface area contributed by atoms with Gasteiger partial charge in [-0.2, -0.15) is 10.1 Å². The quantitative estimate of drug-likeness (QED) is 0.442. The predicted octanol–water partition coefficient (Wildman–Crippen LogP) is 3.65. The molecule has 2 aliphatic heterocycles. The summed E-state index contributed by atoms with van der Waals surface area (Å²) < 4.78 is 13.5. The van der Waals surface area contributed by atoms with Gasteiger partial charge >= 0.3 is 5.97 Å². The molecule has 6 rings (SSSR count). The Morgan fingerprint density at radius 2 is 2.02 bits per heavy atom. The molecule has 2 fully saturated rings. The maximum Gasteiger partial charge on any atom is 0.330 e. The molecule has 3 aromatic rings. The standard InChI is InChI=1S/C31H35N5O6/c1-41-22-11-12-24-20(15-22)16-26(36-14-8-13-32-36)33-29(24)42-23-17-25-28(38)34-31(30(39)40)18-21(31)9-6-4-2-3-5-7-10-27(37)35(25)19-23/h6,8-9,11-16,21,23,25H,2-5,7,10,17-19H2,1H3,(H,34,38)(H,39,40)/b9-6-/t21-,23-,25+,31-/m1/s1. The smallest absolute Gasteiger partial charge is 0.330 e. The van der Waals surface area contributed by atoms with E-state index in [4.69, 9.17) is 14.5 Å². The van der Waals surface area contributed by atoms with Crippen LogP contribution in [0.5, 0.6) is 11.6 Å². The summed E-state index contributed by atoms with van der Waals surface area (Å²) in [6.07, 6.45) is 12.2. The summed E-state index contributed by atoms with van der Waals surface area (Å²) in [5.41, 5.74) is -1.34. The maximum atomic E-state index is 13.6. The fourth-order valence-electron chi connectivity index (χ4n) is 6.06. The van der Waals surface area contributed by atoms with E-state index in [2.05, 4.69) is 10.4 Å². The van der Waals surface area contributed by atoms with Crippen LogP contribution in [0.2, 0.25) is 0 Å². The number of aliphatic carboxylic acids is 1. The Bertz CT molecular complexity index is 1520. The molecule has 11 nitrogen and oxygen atoms in total. The van der Waals surface area contributed by atoms with Gasteiger partial charge < -0.3 is 24.8 Å². The van der Waals surface area contributed by atoms with Crippen LogP contribution < -0.4 is 14.8 Å². The SMILES string of the molecule is COc1ccc2c(O[C@@H]3C[C@H]4C(=O)N[C@]5(C(=O)O)C[C@H]5/C=C\CCCCCCC(=O)N4C3)nc(-n3cccn3)cc2c1. The molecular formula is C31H35N5O6. The third-order valence-electron chi connectivity index (χ3n) is 8.52. The topological polar surface area (TPSA) is 136 Å². The molecule has 3 aliphatic rings. The van der Waals surface area contributed by atoms with Gasteiger partial charge in [0.25, 0.3) is 0 Å². The van der Waals surface area contributed by atoms with Crippen molar-refractivity contribution >= 4 is 28.6 Å². The van der Waals surface area contributed by atoms with E-state index in [0.29, 0.717) is 30.3 Å². The van der Waals surface area contributed by atoms with Gasteiger partial charge in [0.2, 0.25) is 17.7 Å². The highest BCUT2D eigenvalue weighted by molar-refractivity contribution is 5.95. The lowest BCUT2D eigenvalue weighted by atomic mass is 10.1. The summed E-state index contributed by atoms with van der Waals surface area (Å²) in [4.78, 5) is 45.6. The van der Waals surface area contributed by atoms with Crippen LogP contribution in [0.25, 0.3) is 16.6 Å². The molecule has 1 saturated carbocycles. The Labute approximate surface area is 243 Å². The molecule has 0 bridgehead atoms. The van der Waals surface area contributed by atoms with Gasteiger partial charge in [0.1, 0.15) is 23.4 Å². The van der Waals surface area contributed by atoms with E-state index in [0.717, 1.165) is 42.9 Å². The van der Waals surface area contributed by atoms with Crippen LogP contribution in [0.4, 0.5) is 0 Å². The zero-order chi connectivity index (χ0) is 29.3. The zero-order valence-electron chi connectivity index (χ0n) is 23.6. The molecule has 4 atom stereocenters. The highest BCUT2D eigenvalue weighted by Crippen LogP contribution is 2.45. The second kappa shape index (κ2) is 11.5. The first-order valence-corrected chi connectivity index (χ1v) is 14.5. The minimum atomic E-state index is -1.34. The maximum absolute atomic E-state index is 13.6. The average Bonchev–Trinajstić information content (AvgIpc) is 3.31. The number of ether oxygens (including phenoxy) is 2. The van der Waals surface area contributed by atoms with Gasteiger partial charge in [0.15, 0.2) is 5.82 Å². The van der Waals surface area contributed by atoms with Crippen molar-refractivity contribution in [3.8, 4) is 17.4 Å². The van der Waals surface area contributed by atoms with Gasteiger partial charge in [0.05, 0.1) is 13.7 Å². The summed E-state index contributed by atoms with van der Waals surface area (Å²) in [7, 11) is 1.60. The lowest BCUT2D eigenvalue weighted by Crippen LogP contribution is -2.53. The summed E-state index contributed by atoms with van der Waals surface area (Å²) in [6, 6.07) is 8.43. The summed E-state index contributed by atoms with van der Waals surface area (Å²) in [6.45, 7) is 0.200. The molecule has 220 valence electrons. The minimum absolute atomic E-state index is 0.126. The Balaban J connectivity index is 1.29. The van der Waals surface area contributed by atoms with E-state index in [-0.39, 0.29) is 24.8 Å². The van der Waals surface area contributed by atoms with Crippen LogP contribution in [0, 0.1) is 5.92 Å². The first-order chi connectivity index (χ1) is 20.4. The molecule has 4 heterocycles. The molecule has 0 spiro atoms. The summed E-state index contributed by atoms with van der Waals surface area (Å²) in [5, 5.41) is 18.7. The number of carbonyl (C=O) groups is 3. The van der Waals surface area contributed by atoms with Gasteiger partial charge in [-0.1, -0.05) is 25.0 Å². The number of pyridine rings is 1. The second-order valence-electron chi connectivity index (χ2n) is 11.3. The number of benzene rings is 1. The van der Waals surface area contributed by atoms with Gasteiger partial charge in [-0.25, -0.2) is 9.48 Å². The Kier molecular flexibility index (Phi) is 7.57. The first kappa shape index (κ1) is 27.7. The van der Waals surface area contributed by atoms with E-state index >= 15 is 0 Å². The number of nitrogens with zero attached hydrogens (tertiary/aromatic N) is 4. The van der Waals surface area contributed by atoms with Gasteiger partial charge in [-0.3, -0.25) is 9.59 Å². The molecule has 11 heteroatoms. The number of carboxylic acids is 1. The minimum Gasteiger partial charge on any atom is -0.497 e. The van der Waals surface area contributed by atoms with Crippen LogP contribution in [-0.4, -0.2) is 73.9 Å². The van der Waals surface area contributed by atoms with Crippen molar-refractivity contribution in [1.82, 2.24) is 25.0 Å². The monoisotopic (exact) mass is 573 g/mol. The second-order valence-corrected chi connectivity index (χ2v) is 11.3. The van der Waals surface area contributed by atoms with E-state index in [1.807, 2.05) is 36.4 Å². The molecular weight excluding hydrogens is 538 g/mol. The third-order valence-corrected chi connectivity index (χ3v) is 8.52. The number of methoxy groups -OCH3 is 1. The van der Waals surface area contributed by atoms with Crippen LogP contribution in [-0.2, 0) is 14.4 Å². The fourth-order valence-corrected chi connectivity index (χ4v) is 6.06. The molecule has 1 saturated heterocycles. The number of allylic oxidation sites excluding steroid dienone is 1. The number of nitrogens with one attached hydrogen (secondary N) is 1. The van der Waals surface area contributed by atoms with Crippen molar-refractivity contribution in [3.05, 3.63) is 54.9 Å². The number of hydrogen-bond acceptors (Lipinski definition) is 7. The van der Waals surface area contributed by atoms with Crippen molar-refractivity contribution in [2.45, 2.75) is 69.1 Å². The van der Waals surface area contributed by atoms with E-state index in [1.54, 1.807) is 35.2 Å². The number of aromatic nitrogens is 3. The summed E-state index contributed by atoms with van der Waals surface area (Å²) >= 11 is 0. The number of rotatable bonds is 5. The van der Waals surface area contributed by atoms with Gasteiger partial charge in [-0.05, 0) is 61.4 Å². The number of carboxylic acid groups (broad SMARTS) is 1. The molecule has 0 radical (unpaired) electrons. The fraction of sp³-hybridized carbons (Fsp3) is 0.452. The lowest BCUT2D eigenvalue weighted by Gasteiger charge is -2.25. The normalized spacial score (nSPS) is 27.3. The van der Waals surface area contributed by atoms with Crippen molar-refractivity contribution < 1.29 is 29.0 Å². The predicted molar refractivity (Wildman–Crippen MR) is 153 cm³/mol. The third kappa shape index (κ3) is 5.43. The van der Waals surface area contributed by atoms with Crippen LogP contribution >= 0.6 is 0 Å². The number of fused-ring (bicyclic) bond motifs is 3. The molecule has 0 unspecified atom stereocenters. The molecule has 2 N–H and O–H groups in total. The molecule has 1 aliphatic carbocycles. The van der Waals surface area contributed by atoms with Crippen molar-refractivity contribution in [1.29, 1.82) is 0 Å². The first-order valence-electron chi connectivity index (χ1n) is 14.5. The Hall–Kier alpha value is -4.41. The number of hydrogen-bond donors (Lipinski definition) is 2. The van der Waals surface area contributed by atoms with E-state index in [1.165, 1.54) is 0 Å². The van der Waals surface area contributed by atoms with Crippen molar-refractivity contribution in [2.75, 3.05) is 13.7 Å². The average molecular weight is 574 g/mol. The van der Waals surface area contributed by atoms with E-state index < -0.39 is 29.6 Å². The summed E-state index contributed by atoms with van der Waals surface area (Å²) in [5.74, 6) is -0.321. The van der Waals surface area contributed by atoms with Crippen molar-refractivity contribution in [3.63, 3.8) is 0 Å².